The van der Waals surface area contributed by atoms with Gasteiger partial charge in [0.25, 0.3) is 0 Å². The average Bonchev–Trinajstić information content (AvgIpc) is 3.44. The summed E-state index contributed by atoms with van der Waals surface area (Å²) < 4.78 is 28.8. The van der Waals surface area contributed by atoms with Gasteiger partial charge in [0.15, 0.2) is 17.6 Å². The number of rotatable bonds is 6. The molecule has 32 heavy (non-hydrogen) atoms. The van der Waals surface area contributed by atoms with Crippen LogP contribution in [0, 0.1) is 11.6 Å². The van der Waals surface area contributed by atoms with E-state index in [4.69, 9.17) is 0 Å². The highest BCUT2D eigenvalue weighted by atomic mass is 127. The summed E-state index contributed by atoms with van der Waals surface area (Å²) in [4.78, 5) is 10.4. The number of benzene rings is 1. The van der Waals surface area contributed by atoms with Crippen LogP contribution in [0.5, 0.6) is 0 Å². The van der Waals surface area contributed by atoms with Crippen LogP contribution in [0.3, 0.4) is 0 Å². The quantitative estimate of drug-likeness (QED) is 0.279. The molecular weight excluding hydrogens is 527 g/mol. The maximum atomic E-state index is 14.0. The summed E-state index contributed by atoms with van der Waals surface area (Å²) in [6, 6.07) is 11.3. The lowest BCUT2D eigenvalue weighted by molar-refractivity contribution is 0.612. The van der Waals surface area contributed by atoms with Gasteiger partial charge in [0.2, 0.25) is 0 Å². The number of aromatic nitrogens is 3. The second kappa shape index (κ2) is 11.2. The zero-order chi connectivity index (χ0) is 21.6. The summed E-state index contributed by atoms with van der Waals surface area (Å²) in [5.41, 5.74) is 1.73. The number of guanidine groups is 1. The minimum atomic E-state index is -0.300. The van der Waals surface area contributed by atoms with Gasteiger partial charge in [-0.1, -0.05) is 0 Å². The minimum Gasteiger partial charge on any atom is -0.356 e. The highest BCUT2D eigenvalue weighted by Crippen LogP contribution is 2.20. The van der Waals surface area contributed by atoms with Crippen LogP contribution in [0.25, 0.3) is 5.69 Å². The highest BCUT2D eigenvalue weighted by Gasteiger charge is 2.25. The first-order valence-electron chi connectivity index (χ1n) is 10.3. The third kappa shape index (κ3) is 5.93. The van der Waals surface area contributed by atoms with E-state index in [2.05, 4.69) is 25.7 Å². The van der Waals surface area contributed by atoms with E-state index in [9.17, 15) is 8.78 Å². The van der Waals surface area contributed by atoms with E-state index < -0.39 is 0 Å². The van der Waals surface area contributed by atoms with Gasteiger partial charge in [0.05, 0.1) is 11.4 Å². The Balaban J connectivity index is 0.00000289. The molecule has 170 valence electrons. The van der Waals surface area contributed by atoms with Gasteiger partial charge in [-0.15, -0.1) is 24.0 Å². The van der Waals surface area contributed by atoms with Crippen molar-refractivity contribution in [3.05, 3.63) is 72.2 Å². The van der Waals surface area contributed by atoms with E-state index in [1.54, 1.807) is 36.1 Å². The summed E-state index contributed by atoms with van der Waals surface area (Å²) in [5, 5.41) is 11.2. The summed E-state index contributed by atoms with van der Waals surface area (Å²) in [5.74, 6) is 0.526. The number of nitrogens with one attached hydrogen (secondary N) is 2. The van der Waals surface area contributed by atoms with Crippen LogP contribution >= 0.6 is 24.0 Å². The van der Waals surface area contributed by atoms with Crippen LogP contribution in [0.4, 0.5) is 14.6 Å². The number of hydrogen-bond acceptors (Lipinski definition) is 4. The predicted octanol–water partition coefficient (Wildman–Crippen LogP) is 3.15. The summed E-state index contributed by atoms with van der Waals surface area (Å²) >= 11 is 0. The standard InChI is InChI=1S/C22H25F2N7.HI/c1-25-22(28-18-9-13-30(15-18)21-20(24)3-2-11-26-21)27-12-8-17-10-14-31(29-17)19-6-4-16(23)5-7-19;/h2-7,10-11,14,18H,8-9,12-13,15H2,1H3,(H2,25,27,28);1H. The van der Waals surface area contributed by atoms with E-state index >= 15 is 0 Å². The summed E-state index contributed by atoms with van der Waals surface area (Å²) in [6.07, 6.45) is 5.06. The summed E-state index contributed by atoms with van der Waals surface area (Å²) in [7, 11) is 1.73. The van der Waals surface area contributed by atoms with Crippen molar-refractivity contribution in [1.82, 2.24) is 25.4 Å². The molecule has 0 bridgehead atoms. The van der Waals surface area contributed by atoms with E-state index in [1.165, 1.54) is 18.2 Å². The Bertz CT molecular complexity index is 1040. The molecule has 2 aromatic heterocycles. The lowest BCUT2D eigenvalue weighted by Gasteiger charge is -2.19. The van der Waals surface area contributed by atoms with E-state index in [0.29, 0.717) is 31.3 Å². The molecule has 3 aromatic rings. The molecular formula is C22H26F2IN7. The lowest BCUT2D eigenvalue weighted by atomic mass is 10.3. The molecule has 3 heterocycles. The molecule has 7 nitrogen and oxygen atoms in total. The molecule has 1 atom stereocenters. The van der Waals surface area contributed by atoms with Crippen LogP contribution in [0.15, 0.2) is 59.9 Å². The molecule has 0 saturated carbocycles. The molecule has 0 aliphatic carbocycles. The number of nitrogens with zero attached hydrogens (tertiary/aromatic N) is 5. The number of aliphatic imine (C=N–C) groups is 1. The first kappa shape index (κ1) is 23.9. The first-order chi connectivity index (χ1) is 15.1. The predicted molar refractivity (Wildman–Crippen MR) is 132 cm³/mol. The normalized spacial score (nSPS) is 16.0. The van der Waals surface area contributed by atoms with Gasteiger partial charge in [-0.25, -0.2) is 18.4 Å². The van der Waals surface area contributed by atoms with Gasteiger partial charge in [-0.3, -0.25) is 4.99 Å². The molecule has 10 heteroatoms. The maximum absolute atomic E-state index is 14.0. The van der Waals surface area contributed by atoms with Gasteiger partial charge in [0, 0.05) is 51.5 Å². The number of anilines is 1. The molecule has 1 aromatic carbocycles. The van der Waals surface area contributed by atoms with Crippen molar-refractivity contribution in [2.24, 2.45) is 4.99 Å². The van der Waals surface area contributed by atoms with Crippen molar-refractivity contribution in [3.8, 4) is 5.69 Å². The van der Waals surface area contributed by atoms with Crippen LogP contribution in [-0.2, 0) is 6.42 Å². The molecule has 2 N–H and O–H groups in total. The topological polar surface area (TPSA) is 70.4 Å². The van der Waals surface area contributed by atoms with Crippen LogP contribution in [0.1, 0.15) is 12.1 Å². The Morgan fingerprint density at radius 3 is 2.75 bits per heavy atom. The third-order valence-corrected chi connectivity index (χ3v) is 5.20. The van der Waals surface area contributed by atoms with Gasteiger partial charge >= 0.3 is 0 Å². The summed E-state index contributed by atoms with van der Waals surface area (Å²) in [6.45, 7) is 2.06. The Labute approximate surface area is 203 Å². The number of pyridine rings is 1. The molecule has 0 radical (unpaired) electrons. The smallest absolute Gasteiger partial charge is 0.191 e. The Kier molecular flexibility index (Phi) is 8.37. The van der Waals surface area contributed by atoms with Crippen molar-refractivity contribution in [3.63, 3.8) is 0 Å². The minimum absolute atomic E-state index is 0. The Morgan fingerprint density at radius 2 is 2.00 bits per heavy atom. The number of halogens is 3. The molecule has 0 spiro atoms. The fourth-order valence-corrected chi connectivity index (χ4v) is 3.61. The monoisotopic (exact) mass is 553 g/mol. The zero-order valence-corrected chi connectivity index (χ0v) is 20.0. The molecule has 4 rings (SSSR count). The van der Waals surface area contributed by atoms with Crippen molar-refractivity contribution in [1.29, 1.82) is 0 Å². The van der Waals surface area contributed by atoms with Crippen molar-refractivity contribution in [2.75, 3.05) is 31.6 Å². The molecule has 1 aliphatic heterocycles. The Morgan fingerprint density at radius 1 is 1.19 bits per heavy atom. The van der Waals surface area contributed by atoms with Gasteiger partial charge in [0.1, 0.15) is 5.82 Å². The fraction of sp³-hybridized carbons (Fsp3) is 0.318. The second-order valence-electron chi connectivity index (χ2n) is 7.36. The van der Waals surface area contributed by atoms with E-state index in [0.717, 1.165) is 24.3 Å². The SMILES string of the molecule is CN=C(NCCc1ccn(-c2ccc(F)cc2)n1)NC1CCN(c2ncccc2F)C1.I. The van der Waals surface area contributed by atoms with Crippen LogP contribution in [0.2, 0.25) is 0 Å². The maximum Gasteiger partial charge on any atom is 0.191 e. The zero-order valence-electron chi connectivity index (χ0n) is 17.7. The van der Waals surface area contributed by atoms with Crippen LogP contribution < -0.4 is 15.5 Å². The van der Waals surface area contributed by atoms with E-state index in [1.807, 2.05) is 17.2 Å². The number of hydrogen-bond donors (Lipinski definition) is 2. The van der Waals surface area contributed by atoms with Gasteiger partial charge in [-0.05, 0) is 48.9 Å². The largest absolute Gasteiger partial charge is 0.356 e. The molecule has 1 aliphatic rings. The molecule has 1 saturated heterocycles. The Hall–Kier alpha value is -2.76. The van der Waals surface area contributed by atoms with E-state index in [-0.39, 0.29) is 41.7 Å². The fourth-order valence-electron chi connectivity index (χ4n) is 3.61. The molecule has 1 fully saturated rings. The third-order valence-electron chi connectivity index (χ3n) is 5.20. The second-order valence-corrected chi connectivity index (χ2v) is 7.36. The van der Waals surface area contributed by atoms with Gasteiger partial charge < -0.3 is 15.5 Å². The highest BCUT2D eigenvalue weighted by molar-refractivity contribution is 14.0. The van der Waals surface area contributed by atoms with Crippen LogP contribution in [-0.4, -0.2) is 53.4 Å². The van der Waals surface area contributed by atoms with Crippen molar-refractivity contribution < 1.29 is 8.78 Å². The van der Waals surface area contributed by atoms with Crippen molar-refractivity contribution >= 4 is 35.8 Å². The average molecular weight is 553 g/mol. The van der Waals surface area contributed by atoms with Crippen molar-refractivity contribution in [2.45, 2.75) is 18.9 Å². The first-order valence-corrected chi connectivity index (χ1v) is 10.3. The molecule has 0 amide bonds. The van der Waals surface area contributed by atoms with Gasteiger partial charge in [-0.2, -0.15) is 5.10 Å². The molecule has 1 unspecified atom stereocenters. The lowest BCUT2D eigenvalue weighted by Crippen LogP contribution is -2.45.